The molecule has 0 aliphatic heterocycles. The van der Waals surface area contributed by atoms with Crippen LogP contribution in [0.3, 0.4) is 0 Å². The second-order valence-electron chi connectivity index (χ2n) is 5.11. The molecule has 0 atom stereocenters. The summed E-state index contributed by atoms with van der Waals surface area (Å²) in [5, 5.41) is 13.1. The molecule has 0 aromatic heterocycles. The lowest BCUT2D eigenvalue weighted by Crippen LogP contribution is -2.49. The number of nitrogens with one attached hydrogen (secondary N) is 1. The van der Waals surface area contributed by atoms with E-state index in [0.717, 1.165) is 35.7 Å². The highest BCUT2D eigenvalue weighted by atomic mass is 79.9. The number of hydrogen-bond donors (Lipinski definition) is 2. The van der Waals surface area contributed by atoms with Crippen molar-refractivity contribution in [3.63, 3.8) is 0 Å². The molecular weight excluding hydrogens is 330 g/mol. The topological polar surface area (TPSA) is 49.3 Å². The van der Waals surface area contributed by atoms with Crippen molar-refractivity contribution in [3.05, 3.63) is 33.3 Å². The van der Waals surface area contributed by atoms with Crippen molar-refractivity contribution < 1.29 is 9.90 Å². The zero-order valence-electron chi connectivity index (χ0n) is 10.6. The Morgan fingerprint density at radius 1 is 1.42 bits per heavy atom. The monoisotopic (exact) mass is 345 g/mol. The molecule has 0 spiro atoms. The molecule has 0 saturated heterocycles. The summed E-state index contributed by atoms with van der Waals surface area (Å²) in [6.07, 6.45) is 4.09. The van der Waals surface area contributed by atoms with E-state index >= 15 is 0 Å². The Labute approximate surface area is 126 Å². The summed E-state index contributed by atoms with van der Waals surface area (Å²) in [5.41, 5.74) is 0.443. The van der Waals surface area contributed by atoms with Crippen LogP contribution in [0.1, 0.15) is 31.2 Å². The Kier molecular flexibility index (Phi) is 4.87. The van der Waals surface area contributed by atoms with Gasteiger partial charge in [-0.3, -0.25) is 4.79 Å². The van der Waals surface area contributed by atoms with Crippen LogP contribution in [0.5, 0.6) is 0 Å². The lowest BCUT2D eigenvalue weighted by atomic mass is 9.98. The average Bonchev–Trinajstić information content (AvgIpc) is 2.83. The van der Waals surface area contributed by atoms with Crippen LogP contribution in [-0.2, 0) is 11.2 Å². The van der Waals surface area contributed by atoms with Gasteiger partial charge in [0.1, 0.15) is 0 Å². The number of carbonyl (C=O) groups excluding carboxylic acids is 1. The second kappa shape index (κ2) is 6.25. The van der Waals surface area contributed by atoms with Gasteiger partial charge in [-0.1, -0.05) is 40.4 Å². The van der Waals surface area contributed by atoms with E-state index in [1.807, 2.05) is 6.07 Å². The number of rotatable bonds is 4. The molecule has 0 heterocycles. The summed E-state index contributed by atoms with van der Waals surface area (Å²) in [5.74, 6) is -0.0704. The number of aliphatic hydroxyl groups excluding tert-OH is 1. The number of amides is 1. The van der Waals surface area contributed by atoms with E-state index < -0.39 is 5.54 Å². The van der Waals surface area contributed by atoms with Crippen molar-refractivity contribution in [1.82, 2.24) is 5.32 Å². The molecule has 3 nitrogen and oxygen atoms in total. The summed E-state index contributed by atoms with van der Waals surface area (Å²) < 4.78 is 0.872. The molecular formula is C14H17BrClNO2. The number of benzene rings is 1. The van der Waals surface area contributed by atoms with Gasteiger partial charge in [-0.15, -0.1) is 0 Å². The van der Waals surface area contributed by atoms with Gasteiger partial charge < -0.3 is 10.4 Å². The molecule has 0 radical (unpaired) electrons. The van der Waals surface area contributed by atoms with E-state index in [0.29, 0.717) is 5.02 Å². The maximum atomic E-state index is 12.1. The Morgan fingerprint density at radius 2 is 2.11 bits per heavy atom. The number of halogens is 2. The zero-order valence-corrected chi connectivity index (χ0v) is 12.9. The van der Waals surface area contributed by atoms with E-state index in [4.69, 9.17) is 11.6 Å². The fourth-order valence-electron chi connectivity index (χ4n) is 2.57. The molecule has 1 fully saturated rings. The number of hydrogen-bond acceptors (Lipinski definition) is 2. The summed E-state index contributed by atoms with van der Waals surface area (Å²) >= 11 is 9.35. The lowest BCUT2D eigenvalue weighted by Gasteiger charge is -2.28. The van der Waals surface area contributed by atoms with Crippen LogP contribution in [0.25, 0.3) is 0 Å². The van der Waals surface area contributed by atoms with Crippen molar-refractivity contribution >= 4 is 33.4 Å². The third kappa shape index (κ3) is 3.71. The standard InChI is InChI=1S/C14H17BrClNO2/c15-12-4-3-11(16)7-10(12)8-13(19)17-14(9-18)5-1-2-6-14/h3-4,7,18H,1-2,5-6,8-9H2,(H,17,19). The quantitative estimate of drug-likeness (QED) is 0.880. The summed E-state index contributed by atoms with van der Waals surface area (Å²) in [6.45, 7) is 0.00938. The number of aliphatic hydroxyl groups is 1. The molecule has 1 aliphatic carbocycles. The molecule has 1 aliphatic rings. The van der Waals surface area contributed by atoms with Crippen LogP contribution in [0.4, 0.5) is 0 Å². The molecule has 1 amide bonds. The van der Waals surface area contributed by atoms with Crippen molar-refractivity contribution in [2.75, 3.05) is 6.61 Å². The van der Waals surface area contributed by atoms with Gasteiger partial charge in [0.25, 0.3) is 0 Å². The first-order chi connectivity index (χ1) is 9.04. The maximum Gasteiger partial charge on any atom is 0.224 e. The van der Waals surface area contributed by atoms with E-state index in [2.05, 4.69) is 21.2 Å². The van der Waals surface area contributed by atoms with Crippen molar-refractivity contribution in [3.8, 4) is 0 Å². The van der Waals surface area contributed by atoms with E-state index in [-0.39, 0.29) is 18.9 Å². The van der Waals surface area contributed by atoms with Gasteiger partial charge in [0.15, 0.2) is 0 Å². The average molecular weight is 347 g/mol. The fourth-order valence-corrected chi connectivity index (χ4v) is 3.15. The molecule has 5 heteroatoms. The Balaban J connectivity index is 2.03. The highest BCUT2D eigenvalue weighted by Crippen LogP contribution is 2.29. The van der Waals surface area contributed by atoms with Gasteiger partial charge in [0.2, 0.25) is 5.91 Å². The van der Waals surface area contributed by atoms with Gasteiger partial charge in [0.05, 0.1) is 18.6 Å². The van der Waals surface area contributed by atoms with Crippen LogP contribution in [0.15, 0.2) is 22.7 Å². The van der Waals surface area contributed by atoms with Gasteiger partial charge in [-0.05, 0) is 36.6 Å². The molecule has 104 valence electrons. The van der Waals surface area contributed by atoms with Crippen LogP contribution in [0, 0.1) is 0 Å². The van der Waals surface area contributed by atoms with Crippen molar-refractivity contribution in [2.24, 2.45) is 0 Å². The van der Waals surface area contributed by atoms with E-state index in [9.17, 15) is 9.90 Å². The zero-order chi connectivity index (χ0) is 13.9. The van der Waals surface area contributed by atoms with E-state index in [1.54, 1.807) is 12.1 Å². The minimum absolute atomic E-state index is 0.00938. The highest BCUT2D eigenvalue weighted by Gasteiger charge is 2.34. The first kappa shape index (κ1) is 14.8. The number of carbonyl (C=O) groups is 1. The normalized spacial score (nSPS) is 17.4. The Hall–Kier alpha value is -0.580. The minimum Gasteiger partial charge on any atom is -0.394 e. The molecule has 1 aromatic carbocycles. The summed E-state index contributed by atoms with van der Waals surface area (Å²) in [6, 6.07) is 5.40. The van der Waals surface area contributed by atoms with Gasteiger partial charge in [0, 0.05) is 9.50 Å². The highest BCUT2D eigenvalue weighted by molar-refractivity contribution is 9.10. The molecule has 1 aromatic rings. The Morgan fingerprint density at radius 3 is 2.74 bits per heavy atom. The molecule has 1 saturated carbocycles. The molecule has 19 heavy (non-hydrogen) atoms. The molecule has 2 N–H and O–H groups in total. The summed E-state index contributed by atoms with van der Waals surface area (Å²) in [7, 11) is 0. The molecule has 0 unspecified atom stereocenters. The van der Waals surface area contributed by atoms with Gasteiger partial charge >= 0.3 is 0 Å². The fraction of sp³-hybridized carbons (Fsp3) is 0.500. The first-order valence-electron chi connectivity index (χ1n) is 6.40. The van der Waals surface area contributed by atoms with E-state index in [1.165, 1.54) is 0 Å². The Bertz CT molecular complexity index is 473. The van der Waals surface area contributed by atoms with Crippen LogP contribution >= 0.6 is 27.5 Å². The maximum absolute atomic E-state index is 12.1. The van der Waals surface area contributed by atoms with Gasteiger partial charge in [-0.25, -0.2) is 0 Å². The molecule has 0 bridgehead atoms. The largest absolute Gasteiger partial charge is 0.394 e. The van der Waals surface area contributed by atoms with Crippen molar-refractivity contribution in [1.29, 1.82) is 0 Å². The second-order valence-corrected chi connectivity index (χ2v) is 6.40. The molecule has 2 rings (SSSR count). The SMILES string of the molecule is O=C(Cc1cc(Cl)ccc1Br)NC1(CO)CCCC1. The van der Waals surface area contributed by atoms with Crippen LogP contribution < -0.4 is 5.32 Å². The lowest BCUT2D eigenvalue weighted by molar-refractivity contribution is -0.122. The summed E-state index contributed by atoms with van der Waals surface area (Å²) in [4.78, 5) is 12.1. The third-order valence-corrected chi connectivity index (χ3v) is 4.64. The predicted molar refractivity (Wildman–Crippen MR) is 79.3 cm³/mol. The van der Waals surface area contributed by atoms with Crippen LogP contribution in [0.2, 0.25) is 5.02 Å². The third-order valence-electron chi connectivity index (χ3n) is 3.63. The van der Waals surface area contributed by atoms with Gasteiger partial charge in [-0.2, -0.15) is 0 Å². The minimum atomic E-state index is -0.415. The van der Waals surface area contributed by atoms with Crippen LogP contribution in [-0.4, -0.2) is 23.2 Å². The van der Waals surface area contributed by atoms with Crippen molar-refractivity contribution in [2.45, 2.75) is 37.6 Å². The first-order valence-corrected chi connectivity index (χ1v) is 7.58. The predicted octanol–water partition coefficient (Wildman–Crippen LogP) is 3.07. The smallest absolute Gasteiger partial charge is 0.224 e.